The lowest BCUT2D eigenvalue weighted by atomic mass is 9.77. The number of benzene rings is 3. The van der Waals surface area contributed by atoms with E-state index in [1.807, 2.05) is 12.1 Å². The summed E-state index contributed by atoms with van der Waals surface area (Å²) in [5.41, 5.74) is 16.9. The molecule has 3 nitrogen and oxygen atoms in total. The van der Waals surface area contributed by atoms with Crippen molar-refractivity contribution in [3.05, 3.63) is 72.3 Å². The Balaban J connectivity index is 1.43. The predicted octanol–water partition coefficient (Wildman–Crippen LogP) is 6.99. The lowest BCUT2D eigenvalue weighted by molar-refractivity contribution is 0.319. The molecule has 0 radical (unpaired) electrons. The normalized spacial score (nSPS) is 19.1. The Kier molecular flexibility index (Phi) is 5.75. The molecule has 1 aliphatic carbocycles. The SMILES string of the molecule is CCC1CCC(c2ccc(-c3ccc(Oc4cc(N)ccc4N)cc3)cc2)CC1. The van der Waals surface area contributed by atoms with E-state index in [2.05, 4.69) is 43.3 Å². The van der Waals surface area contributed by atoms with Crippen molar-refractivity contribution >= 4 is 11.4 Å². The van der Waals surface area contributed by atoms with Crippen molar-refractivity contribution in [2.45, 2.75) is 44.9 Å². The molecule has 29 heavy (non-hydrogen) atoms. The lowest BCUT2D eigenvalue weighted by Gasteiger charge is -2.28. The molecule has 0 amide bonds. The molecule has 0 spiro atoms. The van der Waals surface area contributed by atoms with E-state index < -0.39 is 0 Å². The summed E-state index contributed by atoms with van der Waals surface area (Å²) < 4.78 is 5.89. The van der Waals surface area contributed by atoms with Gasteiger partial charge in [0.25, 0.3) is 0 Å². The second kappa shape index (κ2) is 8.60. The molecule has 1 aliphatic rings. The number of hydrogen-bond acceptors (Lipinski definition) is 3. The van der Waals surface area contributed by atoms with E-state index in [4.69, 9.17) is 16.2 Å². The van der Waals surface area contributed by atoms with Crippen LogP contribution in [-0.2, 0) is 0 Å². The predicted molar refractivity (Wildman–Crippen MR) is 122 cm³/mol. The van der Waals surface area contributed by atoms with Crippen molar-refractivity contribution in [3.8, 4) is 22.6 Å². The molecule has 4 N–H and O–H groups in total. The summed E-state index contributed by atoms with van der Waals surface area (Å²) in [7, 11) is 0. The molecule has 0 atom stereocenters. The van der Waals surface area contributed by atoms with Crippen LogP contribution in [0.5, 0.6) is 11.5 Å². The number of hydrogen-bond donors (Lipinski definition) is 2. The maximum atomic E-state index is 5.97. The molecule has 0 unspecified atom stereocenters. The van der Waals surface area contributed by atoms with E-state index in [0.29, 0.717) is 17.1 Å². The summed E-state index contributed by atoms with van der Waals surface area (Å²) >= 11 is 0. The summed E-state index contributed by atoms with van der Waals surface area (Å²) in [5, 5.41) is 0. The first kappa shape index (κ1) is 19.4. The molecule has 3 aromatic rings. The van der Waals surface area contributed by atoms with Gasteiger partial charge in [0.15, 0.2) is 5.75 Å². The van der Waals surface area contributed by atoms with Gasteiger partial charge in [-0.25, -0.2) is 0 Å². The van der Waals surface area contributed by atoms with Gasteiger partial charge in [0.1, 0.15) is 5.75 Å². The zero-order valence-electron chi connectivity index (χ0n) is 17.1. The summed E-state index contributed by atoms with van der Waals surface area (Å²) in [6.45, 7) is 2.32. The Hall–Kier alpha value is -2.94. The van der Waals surface area contributed by atoms with Crippen LogP contribution in [0.2, 0.25) is 0 Å². The molecule has 150 valence electrons. The fourth-order valence-electron chi connectivity index (χ4n) is 4.33. The zero-order chi connectivity index (χ0) is 20.2. The van der Waals surface area contributed by atoms with E-state index in [0.717, 1.165) is 17.6 Å². The number of anilines is 2. The van der Waals surface area contributed by atoms with Gasteiger partial charge in [-0.1, -0.05) is 49.7 Å². The molecule has 0 saturated heterocycles. The highest BCUT2D eigenvalue weighted by atomic mass is 16.5. The van der Waals surface area contributed by atoms with E-state index >= 15 is 0 Å². The third-order valence-corrected chi connectivity index (χ3v) is 6.26. The van der Waals surface area contributed by atoms with Gasteiger partial charge >= 0.3 is 0 Å². The Morgan fingerprint density at radius 1 is 0.793 bits per heavy atom. The molecule has 4 rings (SSSR count). The van der Waals surface area contributed by atoms with Gasteiger partial charge in [-0.3, -0.25) is 0 Å². The molecule has 3 heteroatoms. The van der Waals surface area contributed by atoms with Crippen molar-refractivity contribution in [3.63, 3.8) is 0 Å². The first-order chi connectivity index (χ1) is 14.1. The van der Waals surface area contributed by atoms with E-state index in [9.17, 15) is 0 Å². The van der Waals surface area contributed by atoms with Crippen molar-refractivity contribution in [2.75, 3.05) is 11.5 Å². The molecular weight excluding hydrogens is 356 g/mol. The number of ether oxygens (including phenoxy) is 1. The molecular formula is C26H30N2O. The van der Waals surface area contributed by atoms with Crippen LogP contribution in [0.25, 0.3) is 11.1 Å². The van der Waals surface area contributed by atoms with Crippen LogP contribution >= 0.6 is 0 Å². The molecule has 0 aliphatic heterocycles. The summed E-state index contributed by atoms with van der Waals surface area (Å²) in [5.74, 6) is 3.00. The standard InChI is InChI=1S/C26H30N2O/c1-2-18-3-5-19(6-4-18)20-7-9-21(10-8-20)22-11-14-24(15-12-22)29-26-17-23(27)13-16-25(26)28/h7-19H,2-6,27-28H2,1H3. The van der Waals surface area contributed by atoms with Gasteiger partial charge < -0.3 is 16.2 Å². The Morgan fingerprint density at radius 2 is 1.41 bits per heavy atom. The average molecular weight is 387 g/mol. The summed E-state index contributed by atoms with van der Waals surface area (Å²) in [6.07, 6.45) is 6.74. The highest BCUT2D eigenvalue weighted by Gasteiger charge is 2.21. The fourth-order valence-corrected chi connectivity index (χ4v) is 4.33. The highest BCUT2D eigenvalue weighted by Crippen LogP contribution is 2.37. The van der Waals surface area contributed by atoms with Crippen molar-refractivity contribution < 1.29 is 4.74 Å². The van der Waals surface area contributed by atoms with Crippen molar-refractivity contribution in [1.82, 2.24) is 0 Å². The van der Waals surface area contributed by atoms with Crippen molar-refractivity contribution in [2.24, 2.45) is 5.92 Å². The van der Waals surface area contributed by atoms with Crippen LogP contribution < -0.4 is 16.2 Å². The molecule has 1 saturated carbocycles. The first-order valence-corrected chi connectivity index (χ1v) is 10.7. The largest absolute Gasteiger partial charge is 0.455 e. The highest BCUT2D eigenvalue weighted by molar-refractivity contribution is 5.65. The minimum Gasteiger partial charge on any atom is -0.455 e. The number of rotatable bonds is 5. The third-order valence-electron chi connectivity index (χ3n) is 6.26. The second-order valence-electron chi connectivity index (χ2n) is 8.17. The summed E-state index contributed by atoms with van der Waals surface area (Å²) in [4.78, 5) is 0. The second-order valence-corrected chi connectivity index (χ2v) is 8.17. The summed E-state index contributed by atoms with van der Waals surface area (Å²) in [6, 6.07) is 22.5. The number of nitrogen functional groups attached to an aromatic ring is 2. The Labute approximate surface area is 173 Å². The Morgan fingerprint density at radius 3 is 2.03 bits per heavy atom. The fraction of sp³-hybridized carbons (Fsp3) is 0.308. The minimum atomic E-state index is 0.576. The average Bonchev–Trinajstić information content (AvgIpc) is 2.77. The third kappa shape index (κ3) is 4.56. The van der Waals surface area contributed by atoms with Crippen LogP contribution in [0.15, 0.2) is 66.7 Å². The topological polar surface area (TPSA) is 61.3 Å². The molecule has 0 bridgehead atoms. The first-order valence-electron chi connectivity index (χ1n) is 10.7. The lowest BCUT2D eigenvalue weighted by Crippen LogP contribution is -2.12. The molecule has 0 aromatic heterocycles. The van der Waals surface area contributed by atoms with Gasteiger partial charge in [0, 0.05) is 11.8 Å². The monoisotopic (exact) mass is 386 g/mol. The Bertz CT molecular complexity index is 939. The zero-order valence-corrected chi connectivity index (χ0v) is 17.1. The van der Waals surface area contributed by atoms with Crippen LogP contribution in [0, 0.1) is 5.92 Å². The van der Waals surface area contributed by atoms with Gasteiger partial charge in [-0.15, -0.1) is 0 Å². The minimum absolute atomic E-state index is 0.576. The van der Waals surface area contributed by atoms with Crippen molar-refractivity contribution in [1.29, 1.82) is 0 Å². The maximum absolute atomic E-state index is 5.97. The molecule has 3 aromatic carbocycles. The molecule has 1 fully saturated rings. The van der Waals surface area contributed by atoms with Gasteiger partial charge in [-0.2, -0.15) is 0 Å². The van der Waals surface area contributed by atoms with Gasteiger partial charge in [0.2, 0.25) is 0 Å². The van der Waals surface area contributed by atoms with Gasteiger partial charge in [0.05, 0.1) is 5.69 Å². The van der Waals surface area contributed by atoms with Crippen LogP contribution in [0.1, 0.15) is 50.5 Å². The maximum Gasteiger partial charge on any atom is 0.152 e. The number of nitrogens with two attached hydrogens (primary N) is 2. The van der Waals surface area contributed by atoms with Crippen LogP contribution in [0.3, 0.4) is 0 Å². The van der Waals surface area contributed by atoms with E-state index in [1.165, 1.54) is 48.8 Å². The smallest absolute Gasteiger partial charge is 0.152 e. The van der Waals surface area contributed by atoms with E-state index in [-0.39, 0.29) is 0 Å². The van der Waals surface area contributed by atoms with Crippen LogP contribution in [0.4, 0.5) is 11.4 Å². The quantitative estimate of drug-likeness (QED) is 0.464. The van der Waals surface area contributed by atoms with Gasteiger partial charge in [-0.05, 0) is 78.5 Å². The van der Waals surface area contributed by atoms with E-state index in [1.54, 1.807) is 18.2 Å². The molecule has 0 heterocycles. The van der Waals surface area contributed by atoms with Crippen LogP contribution in [-0.4, -0.2) is 0 Å².